The van der Waals surface area contributed by atoms with Gasteiger partial charge in [-0.3, -0.25) is 4.79 Å². The highest BCUT2D eigenvalue weighted by molar-refractivity contribution is 5.90. The van der Waals surface area contributed by atoms with E-state index < -0.39 is 79.6 Å². The Labute approximate surface area is 221 Å². The Bertz CT molecular complexity index is 899. The van der Waals surface area contributed by atoms with Crippen LogP contribution in [0.15, 0.2) is 36.1 Å². The van der Waals surface area contributed by atoms with Crippen LogP contribution >= 0.6 is 0 Å². The molecule has 0 spiro atoms. The number of cyclic esters (lactones) is 1. The summed E-state index contributed by atoms with van der Waals surface area (Å²) in [6, 6.07) is 0. The van der Waals surface area contributed by atoms with E-state index in [0.29, 0.717) is 6.42 Å². The molecule has 38 heavy (non-hydrogen) atoms. The lowest BCUT2D eigenvalue weighted by Crippen LogP contribution is -2.60. The fourth-order valence-corrected chi connectivity index (χ4v) is 4.73. The van der Waals surface area contributed by atoms with Gasteiger partial charge in [-0.2, -0.15) is 0 Å². The van der Waals surface area contributed by atoms with Crippen molar-refractivity contribution >= 4 is 11.9 Å². The highest BCUT2D eigenvalue weighted by Crippen LogP contribution is 2.41. The molecule has 3 aliphatic rings. The molecule has 0 bridgehead atoms. The van der Waals surface area contributed by atoms with E-state index in [1.54, 1.807) is 13.0 Å². The molecule has 0 aromatic carbocycles. The average molecular weight is 543 g/mol. The zero-order valence-corrected chi connectivity index (χ0v) is 21.5. The third kappa shape index (κ3) is 7.00. The molecule has 0 radical (unpaired) electrons. The van der Waals surface area contributed by atoms with E-state index >= 15 is 0 Å². The first-order chi connectivity index (χ1) is 18.1. The predicted octanol–water partition coefficient (Wildman–Crippen LogP) is 0.0227. The largest absolute Gasteiger partial charge is 0.471 e. The molecule has 2 saturated heterocycles. The standard InChI is InChI=1S/C26H38O12/c1-4-15-16-10-19(36-23(32)14(3)7-5-6-13(2)8-9-27)37-24(33)17(16)12-34-25(15)38-26-22(31)21(30)20(29)18(11-28)35-26/h4,8,12,14-16,18-22,25-31H,1,5-7,9-11H2,2-3H3/b13-8+/t14-,15+,16+,18-,19-,20-,21+,22+,25+,26+/m1/s1. The molecule has 3 aliphatic heterocycles. The summed E-state index contributed by atoms with van der Waals surface area (Å²) in [6.45, 7) is 6.78. The molecule has 0 amide bonds. The topological polar surface area (TPSA) is 181 Å². The van der Waals surface area contributed by atoms with Crippen molar-refractivity contribution in [1.82, 2.24) is 0 Å². The molecule has 0 saturated carbocycles. The van der Waals surface area contributed by atoms with Crippen LogP contribution in [-0.2, 0) is 33.3 Å². The number of esters is 2. The Balaban J connectivity index is 1.62. The lowest BCUT2D eigenvalue weighted by atomic mass is 9.80. The summed E-state index contributed by atoms with van der Waals surface area (Å²) in [4.78, 5) is 25.3. The van der Waals surface area contributed by atoms with Gasteiger partial charge in [0.05, 0.1) is 31.0 Å². The summed E-state index contributed by atoms with van der Waals surface area (Å²) < 4.78 is 27.5. The van der Waals surface area contributed by atoms with Crippen LogP contribution in [0.3, 0.4) is 0 Å². The number of carbonyl (C=O) groups excluding carboxylic acids is 2. The van der Waals surface area contributed by atoms with Gasteiger partial charge in [0.25, 0.3) is 0 Å². The van der Waals surface area contributed by atoms with Crippen LogP contribution in [0.2, 0.25) is 0 Å². The predicted molar refractivity (Wildman–Crippen MR) is 129 cm³/mol. The molecule has 12 heteroatoms. The number of rotatable bonds is 11. The number of hydrogen-bond acceptors (Lipinski definition) is 12. The minimum absolute atomic E-state index is 0.0285. The molecule has 0 aromatic rings. The third-order valence-electron chi connectivity index (χ3n) is 7.11. The van der Waals surface area contributed by atoms with E-state index in [9.17, 15) is 30.0 Å². The number of ether oxygens (including phenoxy) is 5. The molecule has 12 nitrogen and oxygen atoms in total. The molecule has 214 valence electrons. The summed E-state index contributed by atoms with van der Waals surface area (Å²) in [7, 11) is 0. The van der Waals surface area contributed by atoms with Crippen molar-refractivity contribution in [2.75, 3.05) is 13.2 Å². The van der Waals surface area contributed by atoms with Crippen LogP contribution < -0.4 is 0 Å². The fraction of sp³-hybridized carbons (Fsp3) is 0.692. The van der Waals surface area contributed by atoms with Crippen molar-refractivity contribution in [2.24, 2.45) is 17.8 Å². The van der Waals surface area contributed by atoms with Gasteiger partial charge in [-0.25, -0.2) is 4.79 Å². The van der Waals surface area contributed by atoms with Gasteiger partial charge >= 0.3 is 11.9 Å². The SMILES string of the molecule is C=C[C@@H]1[C@H](O[C@@H]2O[C@H](CO)[C@@H](O)[C@H](O)[C@@H]2O)OC=C2C(=O)O[C@@H](OC(=O)[C@H](C)CCC/C(C)=C/CO)C[C@H]21. The second kappa shape index (κ2) is 13.7. The molecule has 0 unspecified atom stereocenters. The van der Waals surface area contributed by atoms with Crippen molar-refractivity contribution in [3.05, 3.63) is 36.1 Å². The number of carbonyl (C=O) groups is 2. The number of allylic oxidation sites excluding steroid dienone is 1. The monoisotopic (exact) mass is 542 g/mol. The highest BCUT2D eigenvalue weighted by Gasteiger charge is 2.49. The van der Waals surface area contributed by atoms with E-state index in [4.69, 9.17) is 28.8 Å². The molecule has 0 aliphatic carbocycles. The summed E-state index contributed by atoms with van der Waals surface area (Å²) in [5, 5.41) is 48.7. The van der Waals surface area contributed by atoms with Gasteiger partial charge in [-0.05, 0) is 26.2 Å². The van der Waals surface area contributed by atoms with Crippen molar-refractivity contribution in [3.63, 3.8) is 0 Å². The Hall–Kier alpha value is -2.32. The smallest absolute Gasteiger partial charge is 0.340 e. The van der Waals surface area contributed by atoms with E-state index in [2.05, 4.69) is 6.58 Å². The van der Waals surface area contributed by atoms with Gasteiger partial charge in [-0.1, -0.05) is 24.6 Å². The molecule has 2 fully saturated rings. The van der Waals surface area contributed by atoms with Gasteiger partial charge in [0, 0.05) is 18.3 Å². The summed E-state index contributed by atoms with van der Waals surface area (Å²) in [5.41, 5.74) is 1.24. The van der Waals surface area contributed by atoms with Gasteiger partial charge in [0.2, 0.25) is 12.6 Å². The van der Waals surface area contributed by atoms with E-state index in [1.165, 1.54) is 12.3 Å². The van der Waals surface area contributed by atoms with E-state index in [-0.39, 0.29) is 18.6 Å². The lowest BCUT2D eigenvalue weighted by Gasteiger charge is -2.44. The quantitative estimate of drug-likeness (QED) is 0.175. The summed E-state index contributed by atoms with van der Waals surface area (Å²) in [6.07, 6.45) is -3.16. The molecule has 3 heterocycles. The molecule has 10 atom stereocenters. The maximum atomic E-state index is 12.7. The zero-order valence-electron chi connectivity index (χ0n) is 21.5. The Kier molecular flexibility index (Phi) is 10.9. The number of hydrogen-bond donors (Lipinski definition) is 5. The summed E-state index contributed by atoms with van der Waals surface area (Å²) in [5.74, 6) is -2.86. The number of aliphatic hydroxyl groups excluding tert-OH is 5. The maximum Gasteiger partial charge on any atom is 0.340 e. The minimum Gasteiger partial charge on any atom is -0.471 e. The van der Waals surface area contributed by atoms with Crippen LogP contribution in [0.5, 0.6) is 0 Å². The van der Waals surface area contributed by atoms with Crippen molar-refractivity contribution in [2.45, 2.75) is 82.8 Å². The minimum atomic E-state index is -1.64. The highest BCUT2D eigenvalue weighted by atomic mass is 16.8. The van der Waals surface area contributed by atoms with Crippen LogP contribution in [0, 0.1) is 17.8 Å². The molecule has 3 rings (SSSR count). The number of aliphatic hydroxyl groups is 5. The van der Waals surface area contributed by atoms with Gasteiger partial charge in [-0.15, -0.1) is 6.58 Å². The molecular formula is C26H38O12. The average Bonchev–Trinajstić information content (AvgIpc) is 2.88. The Morgan fingerprint density at radius 2 is 1.95 bits per heavy atom. The van der Waals surface area contributed by atoms with Crippen LogP contribution in [-0.4, -0.2) is 94.0 Å². The normalized spacial score (nSPS) is 36.3. The van der Waals surface area contributed by atoms with Crippen molar-refractivity contribution < 1.29 is 58.8 Å². The van der Waals surface area contributed by atoms with Gasteiger partial charge < -0.3 is 49.2 Å². The van der Waals surface area contributed by atoms with Gasteiger partial charge in [0.1, 0.15) is 24.4 Å². The van der Waals surface area contributed by atoms with Crippen LogP contribution in [0.4, 0.5) is 0 Å². The first-order valence-electron chi connectivity index (χ1n) is 12.7. The lowest BCUT2D eigenvalue weighted by molar-refractivity contribution is -0.340. The second-order valence-electron chi connectivity index (χ2n) is 9.86. The van der Waals surface area contributed by atoms with Crippen LogP contribution in [0.25, 0.3) is 0 Å². The Morgan fingerprint density at radius 1 is 1.21 bits per heavy atom. The van der Waals surface area contributed by atoms with Gasteiger partial charge in [0.15, 0.2) is 6.29 Å². The number of fused-ring (bicyclic) bond motifs is 1. The van der Waals surface area contributed by atoms with Crippen LogP contribution in [0.1, 0.15) is 39.5 Å². The third-order valence-corrected chi connectivity index (χ3v) is 7.11. The molecule has 5 N–H and O–H groups in total. The van der Waals surface area contributed by atoms with E-state index in [0.717, 1.165) is 18.4 Å². The molecule has 0 aromatic heterocycles. The second-order valence-corrected chi connectivity index (χ2v) is 9.86. The van der Waals surface area contributed by atoms with E-state index in [1.807, 2.05) is 6.92 Å². The summed E-state index contributed by atoms with van der Waals surface area (Å²) >= 11 is 0. The Morgan fingerprint density at radius 3 is 2.61 bits per heavy atom. The first-order valence-corrected chi connectivity index (χ1v) is 12.7. The zero-order chi connectivity index (χ0) is 28.0. The maximum absolute atomic E-state index is 12.7. The molecular weight excluding hydrogens is 504 g/mol. The van der Waals surface area contributed by atoms with Crippen molar-refractivity contribution in [3.8, 4) is 0 Å². The fourth-order valence-electron chi connectivity index (χ4n) is 4.73. The van der Waals surface area contributed by atoms with Crippen molar-refractivity contribution in [1.29, 1.82) is 0 Å². The first kappa shape index (κ1) is 30.2.